The minimum atomic E-state index is -0.207. The lowest BCUT2D eigenvalue weighted by molar-refractivity contribution is 0.628. The quantitative estimate of drug-likeness (QED) is 0.779. The molecule has 0 aliphatic heterocycles. The van der Waals surface area contributed by atoms with Gasteiger partial charge < -0.3 is 9.88 Å². The zero-order valence-corrected chi connectivity index (χ0v) is 11.8. The van der Waals surface area contributed by atoms with E-state index in [2.05, 4.69) is 22.0 Å². The first-order chi connectivity index (χ1) is 10.3. The van der Waals surface area contributed by atoms with Crippen molar-refractivity contribution < 1.29 is 4.39 Å². The minimum Gasteiger partial charge on any atom is -0.388 e. The number of halogens is 1. The fourth-order valence-electron chi connectivity index (χ4n) is 2.76. The molecule has 0 amide bonds. The third-order valence-electron chi connectivity index (χ3n) is 4.00. The molecule has 1 heterocycles. The highest BCUT2D eigenvalue weighted by molar-refractivity contribution is 5.81. The van der Waals surface area contributed by atoms with Crippen LogP contribution in [0.5, 0.6) is 0 Å². The largest absolute Gasteiger partial charge is 0.388 e. The first kappa shape index (κ1) is 12.4. The first-order valence-corrected chi connectivity index (χ1v) is 7.22. The number of benzene rings is 2. The van der Waals surface area contributed by atoms with Crippen molar-refractivity contribution in [3.8, 4) is 11.4 Å². The summed E-state index contributed by atoms with van der Waals surface area (Å²) in [6, 6.07) is 13.5. The predicted molar refractivity (Wildman–Crippen MR) is 82.9 cm³/mol. The smallest absolute Gasteiger partial charge is 0.141 e. The molecule has 1 fully saturated rings. The molecule has 1 aromatic heterocycles. The lowest BCUT2D eigenvalue weighted by atomic mass is 10.2. The first-order valence-electron chi connectivity index (χ1n) is 7.22. The van der Waals surface area contributed by atoms with Crippen LogP contribution in [0.15, 0.2) is 42.5 Å². The molecule has 1 aliphatic rings. The van der Waals surface area contributed by atoms with Crippen LogP contribution in [0, 0.1) is 5.82 Å². The van der Waals surface area contributed by atoms with Crippen molar-refractivity contribution in [2.24, 2.45) is 0 Å². The van der Waals surface area contributed by atoms with Gasteiger partial charge in [0, 0.05) is 24.3 Å². The number of nitrogens with one attached hydrogen (secondary N) is 1. The monoisotopic (exact) mass is 281 g/mol. The fourth-order valence-corrected chi connectivity index (χ4v) is 2.76. The molecular weight excluding hydrogens is 265 g/mol. The van der Waals surface area contributed by atoms with Crippen LogP contribution >= 0.6 is 0 Å². The number of imidazole rings is 1. The molecule has 106 valence electrons. The molecular formula is C17H16FN3. The third-order valence-corrected chi connectivity index (χ3v) is 4.00. The van der Waals surface area contributed by atoms with Crippen molar-refractivity contribution >= 4 is 16.7 Å². The lowest BCUT2D eigenvalue weighted by Crippen LogP contribution is -1.97. The number of fused-ring (bicyclic) bond motifs is 1. The minimum absolute atomic E-state index is 0.207. The van der Waals surface area contributed by atoms with Gasteiger partial charge >= 0.3 is 0 Å². The average molecular weight is 281 g/mol. The predicted octanol–water partition coefficient (Wildman–Crippen LogP) is 4.22. The van der Waals surface area contributed by atoms with E-state index in [9.17, 15) is 4.39 Å². The van der Waals surface area contributed by atoms with Crippen molar-refractivity contribution in [1.29, 1.82) is 0 Å². The molecule has 4 rings (SSSR count). The topological polar surface area (TPSA) is 29.9 Å². The van der Waals surface area contributed by atoms with Crippen LogP contribution in [0.2, 0.25) is 0 Å². The van der Waals surface area contributed by atoms with E-state index in [0.717, 1.165) is 41.0 Å². The summed E-state index contributed by atoms with van der Waals surface area (Å²) in [6.07, 6.45) is 2.28. The second-order valence-electron chi connectivity index (χ2n) is 5.50. The summed E-state index contributed by atoms with van der Waals surface area (Å²) >= 11 is 0. The van der Waals surface area contributed by atoms with Gasteiger partial charge in [-0.15, -0.1) is 0 Å². The number of nitrogens with zero attached hydrogens (tertiary/aromatic N) is 2. The molecule has 4 heteroatoms. The molecule has 0 radical (unpaired) electrons. The summed E-state index contributed by atoms with van der Waals surface area (Å²) in [5.41, 5.74) is 3.89. The van der Waals surface area contributed by atoms with Crippen molar-refractivity contribution in [2.45, 2.75) is 18.9 Å². The lowest BCUT2D eigenvalue weighted by Gasteiger charge is -2.08. The van der Waals surface area contributed by atoms with Crippen LogP contribution in [0.25, 0.3) is 22.4 Å². The zero-order chi connectivity index (χ0) is 14.4. The maximum absolute atomic E-state index is 13.6. The molecule has 0 saturated heterocycles. The Balaban J connectivity index is 1.92. The molecule has 2 aromatic carbocycles. The van der Waals surface area contributed by atoms with Gasteiger partial charge in [0.25, 0.3) is 0 Å². The van der Waals surface area contributed by atoms with Crippen LogP contribution in [0.1, 0.15) is 18.9 Å². The van der Waals surface area contributed by atoms with Gasteiger partial charge in [0.05, 0.1) is 11.0 Å². The molecule has 0 spiro atoms. The second kappa shape index (κ2) is 4.58. The second-order valence-corrected chi connectivity index (χ2v) is 5.50. The maximum Gasteiger partial charge on any atom is 0.141 e. The Morgan fingerprint density at radius 1 is 1.14 bits per heavy atom. The van der Waals surface area contributed by atoms with Gasteiger partial charge in [0.2, 0.25) is 0 Å². The Morgan fingerprint density at radius 3 is 2.57 bits per heavy atom. The summed E-state index contributed by atoms with van der Waals surface area (Å²) in [4.78, 5) is 4.72. The Bertz CT molecular complexity index is 801. The van der Waals surface area contributed by atoms with Crippen molar-refractivity contribution in [2.75, 3.05) is 12.4 Å². The van der Waals surface area contributed by atoms with E-state index in [0.29, 0.717) is 6.04 Å². The Labute approximate surface area is 122 Å². The molecule has 21 heavy (non-hydrogen) atoms. The number of rotatable bonds is 3. The van der Waals surface area contributed by atoms with Gasteiger partial charge in [-0.2, -0.15) is 0 Å². The Morgan fingerprint density at radius 2 is 1.90 bits per heavy atom. The molecule has 3 aromatic rings. The highest BCUT2D eigenvalue weighted by atomic mass is 19.1. The van der Waals surface area contributed by atoms with Crippen LogP contribution in [0.3, 0.4) is 0 Å². The highest BCUT2D eigenvalue weighted by Crippen LogP contribution is 2.41. The number of hydrogen-bond acceptors (Lipinski definition) is 2. The van der Waals surface area contributed by atoms with E-state index in [1.54, 1.807) is 12.1 Å². The molecule has 0 bridgehead atoms. The summed E-state index contributed by atoms with van der Waals surface area (Å²) in [7, 11) is 1.90. The van der Waals surface area contributed by atoms with Gasteiger partial charge in [-0.05, 0) is 55.3 Å². The van der Waals surface area contributed by atoms with E-state index in [-0.39, 0.29) is 5.82 Å². The third kappa shape index (κ3) is 2.07. The van der Waals surface area contributed by atoms with Gasteiger partial charge in [0.15, 0.2) is 0 Å². The van der Waals surface area contributed by atoms with Gasteiger partial charge in [-0.1, -0.05) is 0 Å². The van der Waals surface area contributed by atoms with Crippen LogP contribution < -0.4 is 5.32 Å². The molecule has 1 saturated carbocycles. The summed E-state index contributed by atoms with van der Waals surface area (Å²) in [5, 5.41) is 3.11. The summed E-state index contributed by atoms with van der Waals surface area (Å²) in [5.74, 6) is 0.724. The van der Waals surface area contributed by atoms with Gasteiger partial charge in [-0.3, -0.25) is 0 Å². The van der Waals surface area contributed by atoms with Crippen LogP contribution in [-0.2, 0) is 0 Å². The normalized spacial score (nSPS) is 14.6. The molecule has 1 N–H and O–H groups in total. The summed E-state index contributed by atoms with van der Waals surface area (Å²) in [6.45, 7) is 0. The van der Waals surface area contributed by atoms with Crippen LogP contribution in [0.4, 0.5) is 10.1 Å². The zero-order valence-electron chi connectivity index (χ0n) is 11.8. The fraction of sp³-hybridized carbons (Fsp3) is 0.235. The van der Waals surface area contributed by atoms with E-state index in [1.165, 1.54) is 6.07 Å². The van der Waals surface area contributed by atoms with E-state index < -0.39 is 0 Å². The molecule has 0 atom stereocenters. The van der Waals surface area contributed by atoms with Crippen LogP contribution in [-0.4, -0.2) is 16.6 Å². The molecule has 3 nitrogen and oxygen atoms in total. The van der Waals surface area contributed by atoms with Gasteiger partial charge in [0.1, 0.15) is 11.6 Å². The van der Waals surface area contributed by atoms with Crippen molar-refractivity contribution in [1.82, 2.24) is 9.55 Å². The Hall–Kier alpha value is -2.36. The van der Waals surface area contributed by atoms with Gasteiger partial charge in [-0.25, -0.2) is 9.37 Å². The highest BCUT2D eigenvalue weighted by Gasteiger charge is 2.28. The van der Waals surface area contributed by atoms with E-state index in [1.807, 2.05) is 19.2 Å². The standard InChI is InChI=1S/C17H16FN3/c1-19-13-5-2-11(3-6-13)17-20-15-9-4-12(18)10-16(15)21(17)14-7-8-14/h2-6,9-10,14,19H,7-8H2,1H3. The average Bonchev–Trinajstić information content (AvgIpc) is 3.28. The molecule has 1 aliphatic carbocycles. The van der Waals surface area contributed by atoms with Crippen molar-refractivity contribution in [3.05, 3.63) is 48.3 Å². The maximum atomic E-state index is 13.6. The summed E-state index contributed by atoms with van der Waals surface area (Å²) < 4.78 is 15.7. The van der Waals surface area contributed by atoms with E-state index >= 15 is 0 Å². The molecule has 0 unspecified atom stereocenters. The van der Waals surface area contributed by atoms with Crippen molar-refractivity contribution in [3.63, 3.8) is 0 Å². The SMILES string of the molecule is CNc1ccc(-c2nc3ccc(F)cc3n2C2CC2)cc1. The Kier molecular flexibility index (Phi) is 2.70. The van der Waals surface area contributed by atoms with E-state index in [4.69, 9.17) is 4.98 Å². The number of anilines is 1. The number of hydrogen-bond donors (Lipinski definition) is 1. The number of aromatic nitrogens is 2.